The Hall–Kier alpha value is -0.860. The highest BCUT2D eigenvalue weighted by atomic mass is 35.5. The van der Waals surface area contributed by atoms with Crippen LogP contribution in [0, 0.1) is 0 Å². The summed E-state index contributed by atoms with van der Waals surface area (Å²) in [7, 11) is 0. The third-order valence-corrected chi connectivity index (χ3v) is 1.39. The lowest BCUT2D eigenvalue weighted by molar-refractivity contribution is 0.104. The summed E-state index contributed by atoms with van der Waals surface area (Å²) in [5, 5.41) is 0.476. The molecule has 4 heteroatoms. The van der Waals surface area contributed by atoms with Crippen LogP contribution in [-0.4, -0.2) is 10.8 Å². The molecule has 1 aromatic heterocycles. The van der Waals surface area contributed by atoms with Gasteiger partial charge in [0.1, 0.15) is 0 Å². The van der Waals surface area contributed by atoms with Crippen LogP contribution in [0.5, 0.6) is 0 Å². The minimum Gasteiger partial charge on any atom is -0.289 e. The van der Waals surface area contributed by atoms with E-state index in [1.807, 2.05) is 0 Å². The summed E-state index contributed by atoms with van der Waals surface area (Å²) in [6, 6.07) is 3.41. The van der Waals surface area contributed by atoms with E-state index in [2.05, 4.69) is 4.98 Å². The van der Waals surface area contributed by atoms with E-state index in [1.165, 1.54) is 12.3 Å². The molecule has 0 N–H and O–H groups in total. The fourth-order valence-corrected chi connectivity index (χ4v) is 0.872. The van der Waals surface area contributed by atoms with Gasteiger partial charge in [0, 0.05) is 29.1 Å². The molecule has 0 unspecified atom stereocenters. The maximum absolute atomic E-state index is 11.3. The van der Waals surface area contributed by atoms with Crippen LogP contribution < -0.4 is 0 Å². The van der Waals surface area contributed by atoms with Crippen LogP contribution in [0.3, 0.4) is 0 Å². The van der Waals surface area contributed by atoms with E-state index >= 15 is 0 Å². The predicted octanol–water partition coefficient (Wildman–Crippen LogP) is 2.83. The van der Waals surface area contributed by atoms with Crippen LogP contribution in [0.4, 0.5) is 0 Å². The maximum Gasteiger partial charge on any atom is 0.188 e. The third-order valence-electron chi connectivity index (χ3n) is 1.28. The first-order chi connectivity index (χ1) is 5.70. The minimum atomic E-state index is -0.115. The molecular formula is C9H9Cl2NO. The van der Waals surface area contributed by atoms with Gasteiger partial charge < -0.3 is 0 Å². The second kappa shape index (κ2) is 5.73. The van der Waals surface area contributed by atoms with E-state index < -0.39 is 0 Å². The first-order valence-corrected chi connectivity index (χ1v) is 3.86. The van der Waals surface area contributed by atoms with Gasteiger partial charge in [-0.25, -0.2) is 0 Å². The number of pyridine rings is 1. The lowest BCUT2D eigenvalue weighted by Crippen LogP contribution is -1.94. The monoisotopic (exact) mass is 217 g/mol. The fraction of sp³-hybridized carbons (Fsp3) is 0.111. The summed E-state index contributed by atoms with van der Waals surface area (Å²) in [6.07, 6.45) is 4.51. The van der Waals surface area contributed by atoms with Crippen molar-refractivity contribution in [1.82, 2.24) is 4.98 Å². The molecule has 70 valence electrons. The average molecular weight is 218 g/mol. The van der Waals surface area contributed by atoms with Gasteiger partial charge in [0.2, 0.25) is 0 Å². The molecule has 1 rings (SSSR count). The minimum absolute atomic E-state index is 0. The molecule has 1 heterocycles. The molecule has 0 aliphatic rings. The van der Waals surface area contributed by atoms with E-state index in [9.17, 15) is 4.79 Å². The number of allylic oxidation sites excluding steroid dienone is 2. The van der Waals surface area contributed by atoms with Crippen LogP contribution >= 0.6 is 24.0 Å². The predicted molar refractivity (Wildman–Crippen MR) is 55.4 cm³/mol. The van der Waals surface area contributed by atoms with Crippen LogP contribution in [0.1, 0.15) is 17.3 Å². The van der Waals surface area contributed by atoms with Gasteiger partial charge >= 0.3 is 0 Å². The zero-order valence-corrected chi connectivity index (χ0v) is 8.60. The van der Waals surface area contributed by atoms with Crippen molar-refractivity contribution in [3.05, 3.63) is 41.2 Å². The maximum atomic E-state index is 11.3. The lowest BCUT2D eigenvalue weighted by Gasteiger charge is -1.92. The van der Waals surface area contributed by atoms with Crippen molar-refractivity contribution < 1.29 is 4.79 Å². The van der Waals surface area contributed by atoms with Gasteiger partial charge in [-0.05, 0) is 19.1 Å². The summed E-state index contributed by atoms with van der Waals surface area (Å²) in [4.78, 5) is 15.1. The van der Waals surface area contributed by atoms with Gasteiger partial charge in [-0.2, -0.15) is 0 Å². The highest BCUT2D eigenvalue weighted by Crippen LogP contribution is 2.04. The number of hydrogen-bond donors (Lipinski definition) is 0. The second-order valence-corrected chi connectivity index (χ2v) is 2.93. The Kier molecular flexibility index (Phi) is 5.35. The van der Waals surface area contributed by atoms with Crippen LogP contribution in [0.25, 0.3) is 0 Å². The van der Waals surface area contributed by atoms with Crippen LogP contribution in [0.2, 0.25) is 0 Å². The number of carbonyl (C=O) groups excluding carboxylic acids is 1. The zero-order chi connectivity index (χ0) is 8.97. The number of hydrogen-bond acceptors (Lipinski definition) is 2. The number of carbonyl (C=O) groups is 1. The van der Waals surface area contributed by atoms with E-state index in [0.29, 0.717) is 10.6 Å². The molecule has 2 nitrogen and oxygen atoms in total. The molecule has 0 saturated heterocycles. The molecule has 0 amide bonds. The van der Waals surface area contributed by atoms with Crippen LogP contribution in [0.15, 0.2) is 35.6 Å². The molecule has 13 heavy (non-hydrogen) atoms. The molecule has 0 aliphatic heterocycles. The molecule has 0 bridgehead atoms. The number of aromatic nitrogens is 1. The van der Waals surface area contributed by atoms with Gasteiger partial charge in [0.25, 0.3) is 0 Å². The molecule has 0 atom stereocenters. The highest BCUT2D eigenvalue weighted by molar-refractivity contribution is 6.31. The summed E-state index contributed by atoms with van der Waals surface area (Å²) >= 11 is 5.54. The number of halogens is 2. The van der Waals surface area contributed by atoms with E-state index in [4.69, 9.17) is 11.6 Å². The highest BCUT2D eigenvalue weighted by Gasteiger charge is 2.00. The normalized spacial score (nSPS) is 10.5. The summed E-state index contributed by atoms with van der Waals surface area (Å²) < 4.78 is 0. The quantitative estimate of drug-likeness (QED) is 0.564. The average Bonchev–Trinajstić information content (AvgIpc) is 2.05. The van der Waals surface area contributed by atoms with E-state index in [1.54, 1.807) is 25.3 Å². The van der Waals surface area contributed by atoms with Crippen molar-refractivity contribution in [2.75, 3.05) is 0 Å². The first kappa shape index (κ1) is 12.1. The Morgan fingerprint density at radius 1 is 1.62 bits per heavy atom. The summed E-state index contributed by atoms with van der Waals surface area (Å²) in [6.45, 7) is 1.66. The van der Waals surface area contributed by atoms with E-state index in [0.717, 1.165) is 0 Å². The topological polar surface area (TPSA) is 30.0 Å². The Morgan fingerprint density at radius 3 is 2.77 bits per heavy atom. The van der Waals surface area contributed by atoms with Crippen molar-refractivity contribution in [1.29, 1.82) is 0 Å². The van der Waals surface area contributed by atoms with Gasteiger partial charge in [-0.15, -0.1) is 12.4 Å². The fourth-order valence-electron chi connectivity index (χ4n) is 0.772. The standard InChI is InChI=1S/C9H8ClNO.ClH/c1-7(10)5-9(12)8-3-2-4-11-6-8;/h2-6H,1H3;1H. The molecule has 0 aromatic carbocycles. The molecule has 0 aliphatic carbocycles. The SMILES string of the molecule is CC(Cl)=CC(=O)c1cccnc1.Cl. The van der Waals surface area contributed by atoms with Crippen molar-refractivity contribution in [3.8, 4) is 0 Å². The number of ketones is 1. The molecular weight excluding hydrogens is 209 g/mol. The molecule has 0 saturated carbocycles. The van der Waals surface area contributed by atoms with Gasteiger partial charge in [0.15, 0.2) is 5.78 Å². The second-order valence-electron chi connectivity index (χ2n) is 2.34. The Morgan fingerprint density at radius 2 is 2.31 bits per heavy atom. The summed E-state index contributed by atoms with van der Waals surface area (Å²) in [5.74, 6) is -0.115. The molecule has 0 spiro atoms. The third kappa shape index (κ3) is 4.06. The van der Waals surface area contributed by atoms with Gasteiger partial charge in [0.05, 0.1) is 0 Å². The molecule has 0 radical (unpaired) electrons. The van der Waals surface area contributed by atoms with Gasteiger partial charge in [-0.1, -0.05) is 11.6 Å². The van der Waals surface area contributed by atoms with Crippen LogP contribution in [-0.2, 0) is 0 Å². The Bertz CT molecular complexity index is 305. The zero-order valence-electron chi connectivity index (χ0n) is 7.03. The largest absolute Gasteiger partial charge is 0.289 e. The number of rotatable bonds is 2. The summed E-state index contributed by atoms with van der Waals surface area (Å²) in [5.41, 5.74) is 0.553. The smallest absolute Gasteiger partial charge is 0.188 e. The van der Waals surface area contributed by atoms with E-state index in [-0.39, 0.29) is 18.2 Å². The van der Waals surface area contributed by atoms with Crippen molar-refractivity contribution in [2.45, 2.75) is 6.92 Å². The molecule has 0 fully saturated rings. The first-order valence-electron chi connectivity index (χ1n) is 3.48. The lowest BCUT2D eigenvalue weighted by atomic mass is 10.2. The Balaban J connectivity index is 0.00000144. The molecule has 1 aromatic rings. The van der Waals surface area contributed by atoms with Crippen molar-refractivity contribution >= 4 is 29.8 Å². The van der Waals surface area contributed by atoms with Gasteiger partial charge in [-0.3, -0.25) is 9.78 Å². The Labute approximate surface area is 88.0 Å². The van der Waals surface area contributed by atoms with Crippen molar-refractivity contribution in [3.63, 3.8) is 0 Å². The number of nitrogens with zero attached hydrogens (tertiary/aromatic N) is 1. The van der Waals surface area contributed by atoms with Crippen molar-refractivity contribution in [2.24, 2.45) is 0 Å².